The monoisotopic (exact) mass is 249 g/mol. The highest BCUT2D eigenvalue weighted by molar-refractivity contribution is 5.02. The van der Waals surface area contributed by atoms with Crippen molar-refractivity contribution < 1.29 is 4.74 Å². The molecule has 1 aromatic heterocycles. The van der Waals surface area contributed by atoms with Gasteiger partial charge in [0, 0.05) is 19.3 Å². The van der Waals surface area contributed by atoms with Crippen molar-refractivity contribution in [3.63, 3.8) is 0 Å². The van der Waals surface area contributed by atoms with E-state index < -0.39 is 0 Å². The summed E-state index contributed by atoms with van der Waals surface area (Å²) in [5.41, 5.74) is 1.35. The number of hydrogen-bond donors (Lipinski definition) is 1. The molecule has 4 heteroatoms. The largest absolute Gasteiger partial charge is 0.375 e. The first-order valence-corrected chi connectivity index (χ1v) is 7.20. The summed E-state index contributed by atoms with van der Waals surface area (Å²) in [6.45, 7) is 4.88. The van der Waals surface area contributed by atoms with Crippen LogP contribution in [0.1, 0.15) is 50.8 Å². The molecule has 1 saturated heterocycles. The van der Waals surface area contributed by atoms with Crippen LogP contribution in [-0.4, -0.2) is 28.5 Å². The molecule has 100 valence electrons. The number of hydrogen-bond acceptors (Lipinski definition) is 3. The van der Waals surface area contributed by atoms with Crippen molar-refractivity contribution in [2.24, 2.45) is 0 Å². The summed E-state index contributed by atoms with van der Waals surface area (Å²) in [6.07, 6.45) is 8.20. The number of aromatic nitrogens is 2. The lowest BCUT2D eigenvalue weighted by Gasteiger charge is -2.47. The highest BCUT2D eigenvalue weighted by Crippen LogP contribution is 2.45. The SMILES string of the molecule is CCNCc1ccn(C2CCOC3(CCC3)C2)n1. The third-order valence-electron chi connectivity index (χ3n) is 4.33. The van der Waals surface area contributed by atoms with Gasteiger partial charge in [0.05, 0.1) is 17.3 Å². The van der Waals surface area contributed by atoms with Gasteiger partial charge in [-0.3, -0.25) is 4.68 Å². The summed E-state index contributed by atoms with van der Waals surface area (Å²) < 4.78 is 8.13. The smallest absolute Gasteiger partial charge is 0.0762 e. The minimum Gasteiger partial charge on any atom is -0.375 e. The molecule has 0 aromatic carbocycles. The normalized spacial score (nSPS) is 26.2. The van der Waals surface area contributed by atoms with E-state index in [2.05, 4.69) is 29.2 Å². The van der Waals surface area contributed by atoms with Crippen LogP contribution in [0.2, 0.25) is 0 Å². The molecule has 1 unspecified atom stereocenters. The van der Waals surface area contributed by atoms with Gasteiger partial charge >= 0.3 is 0 Å². The van der Waals surface area contributed by atoms with Crippen LogP contribution < -0.4 is 5.32 Å². The van der Waals surface area contributed by atoms with E-state index in [4.69, 9.17) is 9.84 Å². The average molecular weight is 249 g/mol. The van der Waals surface area contributed by atoms with Crippen molar-refractivity contribution in [3.05, 3.63) is 18.0 Å². The quantitative estimate of drug-likeness (QED) is 0.889. The summed E-state index contributed by atoms with van der Waals surface area (Å²) in [5.74, 6) is 0. The second-order valence-corrected chi connectivity index (χ2v) is 5.60. The molecule has 3 rings (SSSR count). The van der Waals surface area contributed by atoms with Crippen molar-refractivity contribution in [1.82, 2.24) is 15.1 Å². The first kappa shape index (κ1) is 12.2. The summed E-state index contributed by atoms with van der Waals surface area (Å²) in [6, 6.07) is 2.67. The summed E-state index contributed by atoms with van der Waals surface area (Å²) in [7, 11) is 0. The van der Waals surface area contributed by atoms with Gasteiger partial charge in [0.15, 0.2) is 0 Å². The molecule has 2 fully saturated rings. The van der Waals surface area contributed by atoms with Crippen molar-refractivity contribution in [3.8, 4) is 0 Å². The van der Waals surface area contributed by atoms with Gasteiger partial charge in [0.1, 0.15) is 0 Å². The number of nitrogens with one attached hydrogen (secondary N) is 1. The minimum atomic E-state index is 0.205. The lowest BCUT2D eigenvalue weighted by molar-refractivity contribution is -0.141. The van der Waals surface area contributed by atoms with E-state index in [0.29, 0.717) is 6.04 Å². The summed E-state index contributed by atoms with van der Waals surface area (Å²) in [5, 5.41) is 8.01. The van der Waals surface area contributed by atoms with Crippen LogP contribution in [0.3, 0.4) is 0 Å². The van der Waals surface area contributed by atoms with Gasteiger partial charge in [-0.05, 0) is 44.7 Å². The summed E-state index contributed by atoms with van der Waals surface area (Å²) in [4.78, 5) is 0. The van der Waals surface area contributed by atoms with E-state index in [9.17, 15) is 0 Å². The van der Waals surface area contributed by atoms with Gasteiger partial charge in [-0.25, -0.2) is 0 Å². The maximum atomic E-state index is 5.97. The van der Waals surface area contributed by atoms with Crippen LogP contribution in [0.25, 0.3) is 0 Å². The average Bonchev–Trinajstić information content (AvgIpc) is 2.83. The Balaban J connectivity index is 1.64. The van der Waals surface area contributed by atoms with Crippen LogP contribution in [-0.2, 0) is 11.3 Å². The molecule has 2 aliphatic rings. The Labute approximate surface area is 109 Å². The van der Waals surface area contributed by atoms with Gasteiger partial charge in [0.2, 0.25) is 0 Å². The van der Waals surface area contributed by atoms with Crippen molar-refractivity contribution in [2.75, 3.05) is 13.2 Å². The van der Waals surface area contributed by atoms with E-state index in [1.807, 2.05) is 0 Å². The van der Waals surface area contributed by atoms with E-state index in [-0.39, 0.29) is 5.60 Å². The van der Waals surface area contributed by atoms with E-state index in [1.54, 1.807) is 0 Å². The lowest BCUT2D eigenvalue weighted by atomic mass is 9.74. The van der Waals surface area contributed by atoms with Gasteiger partial charge in [-0.2, -0.15) is 5.10 Å². The van der Waals surface area contributed by atoms with Gasteiger partial charge < -0.3 is 10.1 Å². The van der Waals surface area contributed by atoms with Crippen LogP contribution in [0.5, 0.6) is 0 Å². The maximum Gasteiger partial charge on any atom is 0.0762 e. The molecule has 1 aliphatic heterocycles. The van der Waals surface area contributed by atoms with Gasteiger partial charge in [0.25, 0.3) is 0 Å². The second kappa shape index (κ2) is 5.02. The second-order valence-electron chi connectivity index (χ2n) is 5.60. The van der Waals surface area contributed by atoms with Crippen LogP contribution in [0.15, 0.2) is 12.3 Å². The van der Waals surface area contributed by atoms with E-state index >= 15 is 0 Å². The molecule has 1 aromatic rings. The fraction of sp³-hybridized carbons (Fsp3) is 0.786. The number of nitrogens with zero attached hydrogens (tertiary/aromatic N) is 2. The molecular formula is C14H23N3O. The molecule has 1 N–H and O–H groups in total. The zero-order valence-corrected chi connectivity index (χ0v) is 11.2. The molecule has 0 amide bonds. The fourth-order valence-electron chi connectivity index (χ4n) is 3.08. The topological polar surface area (TPSA) is 39.1 Å². The van der Waals surface area contributed by atoms with E-state index in [1.165, 1.54) is 19.3 Å². The Morgan fingerprint density at radius 2 is 2.44 bits per heavy atom. The Hall–Kier alpha value is -0.870. The van der Waals surface area contributed by atoms with Gasteiger partial charge in [-0.1, -0.05) is 6.92 Å². The molecule has 1 atom stereocenters. The zero-order valence-electron chi connectivity index (χ0n) is 11.2. The van der Waals surface area contributed by atoms with Crippen LogP contribution in [0.4, 0.5) is 0 Å². The molecule has 18 heavy (non-hydrogen) atoms. The Bertz CT molecular complexity index is 397. The third kappa shape index (κ3) is 2.31. The molecular weight excluding hydrogens is 226 g/mol. The predicted octanol–water partition coefficient (Wildman–Crippen LogP) is 2.27. The first-order chi connectivity index (χ1) is 8.81. The zero-order chi connectivity index (χ0) is 12.4. The Morgan fingerprint density at radius 3 is 3.17 bits per heavy atom. The van der Waals surface area contributed by atoms with Crippen LogP contribution >= 0.6 is 0 Å². The van der Waals surface area contributed by atoms with Crippen LogP contribution in [0, 0.1) is 0 Å². The highest BCUT2D eigenvalue weighted by atomic mass is 16.5. The van der Waals surface area contributed by atoms with Gasteiger partial charge in [-0.15, -0.1) is 0 Å². The van der Waals surface area contributed by atoms with Crippen molar-refractivity contribution >= 4 is 0 Å². The minimum absolute atomic E-state index is 0.205. The molecule has 0 radical (unpaired) electrons. The molecule has 1 spiro atoms. The fourth-order valence-corrected chi connectivity index (χ4v) is 3.08. The lowest BCUT2D eigenvalue weighted by Crippen LogP contribution is -2.46. The molecule has 4 nitrogen and oxygen atoms in total. The molecule has 0 bridgehead atoms. The first-order valence-electron chi connectivity index (χ1n) is 7.20. The standard InChI is InChI=1S/C14H23N3O/c1-2-15-11-12-4-8-17(16-12)13-5-9-18-14(10-13)6-3-7-14/h4,8,13,15H,2-3,5-7,9-11H2,1H3. The van der Waals surface area contributed by atoms with Crippen molar-refractivity contribution in [1.29, 1.82) is 0 Å². The molecule has 1 aliphatic carbocycles. The molecule has 2 heterocycles. The maximum absolute atomic E-state index is 5.97. The van der Waals surface area contributed by atoms with Crippen molar-refractivity contribution in [2.45, 2.75) is 57.2 Å². The number of rotatable bonds is 4. The van der Waals surface area contributed by atoms with E-state index in [0.717, 1.165) is 38.2 Å². The Kier molecular flexibility index (Phi) is 3.39. The highest BCUT2D eigenvalue weighted by Gasteiger charge is 2.43. The predicted molar refractivity (Wildman–Crippen MR) is 70.4 cm³/mol. The Morgan fingerprint density at radius 1 is 1.56 bits per heavy atom. The number of ether oxygens (including phenoxy) is 1. The summed E-state index contributed by atoms with van der Waals surface area (Å²) >= 11 is 0. The third-order valence-corrected chi connectivity index (χ3v) is 4.33. The molecule has 1 saturated carbocycles.